The van der Waals surface area contributed by atoms with Crippen molar-refractivity contribution in [1.82, 2.24) is 0 Å². The summed E-state index contributed by atoms with van der Waals surface area (Å²) in [6.45, 7) is 6.33. The summed E-state index contributed by atoms with van der Waals surface area (Å²) in [5, 5.41) is 0. The van der Waals surface area contributed by atoms with Crippen molar-refractivity contribution in [3.63, 3.8) is 0 Å². The second kappa shape index (κ2) is 64.6. The van der Waals surface area contributed by atoms with E-state index in [-0.39, 0.29) is 31.6 Å². The van der Waals surface area contributed by atoms with Crippen LogP contribution < -0.4 is 0 Å². The molecular weight excluding hydrogens is 961 g/mol. The second-order valence-corrected chi connectivity index (χ2v) is 20.2. The summed E-state index contributed by atoms with van der Waals surface area (Å²) in [4.78, 5) is 38.2. The topological polar surface area (TPSA) is 78.9 Å². The zero-order chi connectivity index (χ0) is 56.4. The van der Waals surface area contributed by atoms with Gasteiger partial charge in [-0.15, -0.1) is 0 Å². The first-order valence-electron chi connectivity index (χ1n) is 31.5. The molecule has 0 aromatic rings. The fourth-order valence-corrected chi connectivity index (χ4v) is 8.15. The summed E-state index contributed by atoms with van der Waals surface area (Å²) in [5.41, 5.74) is 0. The lowest BCUT2D eigenvalue weighted by Crippen LogP contribution is -2.30. The quantitative estimate of drug-likeness (QED) is 0.0261. The standard InChI is InChI=1S/C72H114O6/c1-4-7-10-13-16-19-22-25-27-29-31-32-33-34-35-36-37-38-39-40-42-43-45-47-50-53-56-59-62-65-71(74)77-68-69(67-76-70(73)64-61-58-55-52-49-24-21-18-15-12-9-6-3)78-72(75)66-63-60-57-54-51-48-46-44-41-30-28-26-23-20-17-14-11-8-5-2/h7-8,10-11,16-17,19-20,25-28,31-32,34-35,37-38,40-42,44,48,51,57,60,69H,4-6,9,12-15,18,21-24,29-30,33,36,39,43,45-47,49-50,52-56,58-59,61-68H2,1-3H3/b10-7-,11-8-,19-16-,20-17-,27-25-,28-26-,32-31-,35-34-,38-37-,42-40-,44-41-,51-48-,60-57-. The minimum atomic E-state index is -0.829. The van der Waals surface area contributed by atoms with E-state index in [1.54, 1.807) is 0 Å². The van der Waals surface area contributed by atoms with E-state index in [9.17, 15) is 14.4 Å². The highest BCUT2D eigenvalue weighted by Gasteiger charge is 2.19. The van der Waals surface area contributed by atoms with Crippen molar-refractivity contribution < 1.29 is 28.6 Å². The average Bonchev–Trinajstić information content (AvgIpc) is 3.44. The third-order valence-electron chi connectivity index (χ3n) is 12.8. The van der Waals surface area contributed by atoms with Gasteiger partial charge in [0.05, 0.1) is 0 Å². The number of hydrogen-bond donors (Lipinski definition) is 0. The molecule has 0 saturated heterocycles. The molecule has 0 radical (unpaired) electrons. The van der Waals surface area contributed by atoms with E-state index in [1.165, 1.54) is 83.5 Å². The Morgan fingerprint density at radius 2 is 0.526 bits per heavy atom. The first-order chi connectivity index (χ1) is 38.5. The Morgan fingerprint density at radius 3 is 0.833 bits per heavy atom. The Labute approximate surface area is 480 Å². The number of allylic oxidation sites excluding steroid dienone is 26. The zero-order valence-corrected chi connectivity index (χ0v) is 50.1. The van der Waals surface area contributed by atoms with Gasteiger partial charge in [0.15, 0.2) is 6.10 Å². The van der Waals surface area contributed by atoms with E-state index >= 15 is 0 Å². The molecule has 1 unspecified atom stereocenters. The molecule has 0 aromatic heterocycles. The fourth-order valence-electron chi connectivity index (χ4n) is 8.15. The SMILES string of the molecule is CC/C=C\C/C=C\C/C=C\C/C=C\C/C=C\C/C=C\C/C=C\CCCCCCCCCC(=O)OCC(COC(=O)CCCCCCCCCCCCCC)OC(=O)CC/C=C\C/C=C\C/C=C\C/C=C\C/C=C\C/C=C\CC. The first-order valence-corrected chi connectivity index (χ1v) is 31.5. The van der Waals surface area contributed by atoms with E-state index in [4.69, 9.17) is 14.2 Å². The predicted molar refractivity (Wildman–Crippen MR) is 338 cm³/mol. The third-order valence-corrected chi connectivity index (χ3v) is 12.8. The van der Waals surface area contributed by atoms with Crippen LogP contribution in [-0.4, -0.2) is 37.2 Å². The van der Waals surface area contributed by atoms with Gasteiger partial charge in [-0.3, -0.25) is 14.4 Å². The highest BCUT2D eigenvalue weighted by Crippen LogP contribution is 2.14. The first kappa shape index (κ1) is 73.0. The number of carbonyl (C=O) groups excluding carboxylic acids is 3. The van der Waals surface area contributed by atoms with Gasteiger partial charge in [0.1, 0.15) is 13.2 Å². The molecule has 0 aliphatic rings. The molecule has 6 nitrogen and oxygen atoms in total. The van der Waals surface area contributed by atoms with Crippen LogP contribution in [0, 0.1) is 0 Å². The van der Waals surface area contributed by atoms with Crippen molar-refractivity contribution in [3.05, 3.63) is 158 Å². The molecule has 0 saturated carbocycles. The van der Waals surface area contributed by atoms with Crippen LogP contribution in [0.1, 0.15) is 258 Å². The van der Waals surface area contributed by atoms with Crippen LogP contribution in [0.2, 0.25) is 0 Å². The summed E-state index contributed by atoms with van der Waals surface area (Å²) in [5.74, 6) is -1.02. The average molecular weight is 1080 g/mol. The lowest BCUT2D eigenvalue weighted by atomic mass is 10.0. The molecule has 0 fully saturated rings. The van der Waals surface area contributed by atoms with Crippen LogP contribution in [0.25, 0.3) is 0 Å². The molecule has 1 atom stereocenters. The second-order valence-electron chi connectivity index (χ2n) is 20.2. The van der Waals surface area contributed by atoms with Crippen molar-refractivity contribution in [1.29, 1.82) is 0 Å². The van der Waals surface area contributed by atoms with E-state index in [2.05, 4.69) is 167 Å². The minimum Gasteiger partial charge on any atom is -0.462 e. The summed E-state index contributed by atoms with van der Waals surface area (Å²) >= 11 is 0. The number of ether oxygens (including phenoxy) is 3. The number of esters is 3. The van der Waals surface area contributed by atoms with Crippen molar-refractivity contribution >= 4 is 17.9 Å². The van der Waals surface area contributed by atoms with Gasteiger partial charge in [-0.25, -0.2) is 0 Å². The molecule has 78 heavy (non-hydrogen) atoms. The number of hydrogen-bond acceptors (Lipinski definition) is 6. The number of carbonyl (C=O) groups is 3. The normalized spacial score (nSPS) is 13.2. The van der Waals surface area contributed by atoms with E-state index in [0.717, 1.165) is 128 Å². The largest absolute Gasteiger partial charge is 0.462 e. The van der Waals surface area contributed by atoms with Crippen molar-refractivity contribution in [2.75, 3.05) is 13.2 Å². The molecular formula is C72H114O6. The highest BCUT2D eigenvalue weighted by atomic mass is 16.6. The van der Waals surface area contributed by atoms with Crippen molar-refractivity contribution in [3.8, 4) is 0 Å². The summed E-state index contributed by atoms with van der Waals surface area (Å²) in [7, 11) is 0. The maximum atomic E-state index is 12.9. The van der Waals surface area contributed by atoms with Gasteiger partial charge in [-0.05, 0) is 116 Å². The van der Waals surface area contributed by atoms with Crippen LogP contribution in [0.5, 0.6) is 0 Å². The maximum absolute atomic E-state index is 12.9. The molecule has 0 amide bonds. The smallest absolute Gasteiger partial charge is 0.306 e. The van der Waals surface area contributed by atoms with E-state index < -0.39 is 12.1 Å². The molecule has 438 valence electrons. The lowest BCUT2D eigenvalue weighted by molar-refractivity contribution is -0.166. The molecule has 6 heteroatoms. The van der Waals surface area contributed by atoms with Crippen molar-refractivity contribution in [2.24, 2.45) is 0 Å². The van der Waals surface area contributed by atoms with Gasteiger partial charge >= 0.3 is 17.9 Å². The van der Waals surface area contributed by atoms with Crippen LogP contribution in [0.15, 0.2) is 158 Å². The van der Waals surface area contributed by atoms with E-state index in [1.807, 2.05) is 12.2 Å². The Hall–Kier alpha value is -4.97. The molecule has 0 heterocycles. The Balaban J connectivity index is 4.43. The number of unbranched alkanes of at least 4 members (excludes halogenated alkanes) is 18. The lowest BCUT2D eigenvalue weighted by Gasteiger charge is -2.18. The van der Waals surface area contributed by atoms with Crippen LogP contribution >= 0.6 is 0 Å². The summed E-state index contributed by atoms with van der Waals surface area (Å²) in [6.07, 6.45) is 94.0. The Kier molecular flexibility index (Phi) is 60.4. The molecule has 0 N–H and O–H groups in total. The van der Waals surface area contributed by atoms with Gasteiger partial charge in [-0.2, -0.15) is 0 Å². The Morgan fingerprint density at radius 1 is 0.269 bits per heavy atom. The fraction of sp³-hybridized carbons (Fsp3) is 0.597. The summed E-state index contributed by atoms with van der Waals surface area (Å²) < 4.78 is 16.8. The predicted octanol–water partition coefficient (Wildman–Crippen LogP) is 21.7. The van der Waals surface area contributed by atoms with Gasteiger partial charge in [0, 0.05) is 19.3 Å². The summed E-state index contributed by atoms with van der Waals surface area (Å²) in [6, 6.07) is 0. The Bertz CT molecular complexity index is 1760. The van der Waals surface area contributed by atoms with Gasteiger partial charge in [-0.1, -0.05) is 281 Å². The van der Waals surface area contributed by atoms with Crippen LogP contribution in [-0.2, 0) is 28.6 Å². The monoisotopic (exact) mass is 1070 g/mol. The molecule has 0 rings (SSSR count). The van der Waals surface area contributed by atoms with E-state index in [0.29, 0.717) is 19.3 Å². The van der Waals surface area contributed by atoms with Crippen molar-refractivity contribution in [2.45, 2.75) is 264 Å². The van der Waals surface area contributed by atoms with Gasteiger partial charge < -0.3 is 14.2 Å². The zero-order valence-electron chi connectivity index (χ0n) is 50.1. The molecule has 0 aliphatic carbocycles. The molecule has 0 aliphatic heterocycles. The molecule has 0 bridgehead atoms. The van der Waals surface area contributed by atoms with Gasteiger partial charge in [0.2, 0.25) is 0 Å². The number of rotatable bonds is 55. The third kappa shape index (κ3) is 61.9. The van der Waals surface area contributed by atoms with Gasteiger partial charge in [0.25, 0.3) is 0 Å². The molecule has 0 aromatic carbocycles. The minimum absolute atomic E-state index is 0.116. The maximum Gasteiger partial charge on any atom is 0.306 e. The van der Waals surface area contributed by atoms with Crippen LogP contribution in [0.3, 0.4) is 0 Å². The molecule has 0 spiro atoms. The van der Waals surface area contributed by atoms with Crippen LogP contribution in [0.4, 0.5) is 0 Å². The highest BCUT2D eigenvalue weighted by molar-refractivity contribution is 5.71.